The molecule has 0 aliphatic rings. The lowest BCUT2D eigenvalue weighted by atomic mass is 10.1. The Bertz CT molecular complexity index is 572. The van der Waals surface area contributed by atoms with Crippen LogP contribution in [0, 0.1) is 0 Å². The van der Waals surface area contributed by atoms with E-state index in [-0.39, 0.29) is 11.7 Å². The van der Waals surface area contributed by atoms with Gasteiger partial charge in [0.05, 0.1) is 18.6 Å². The van der Waals surface area contributed by atoms with Gasteiger partial charge >= 0.3 is 0 Å². The first-order valence-corrected chi connectivity index (χ1v) is 6.57. The van der Waals surface area contributed by atoms with Crippen LogP contribution < -0.4 is 10.5 Å². The normalized spacial score (nSPS) is 10.2. The second-order valence-electron chi connectivity index (χ2n) is 3.71. The van der Waals surface area contributed by atoms with Crippen LogP contribution in [0.15, 0.2) is 41.4 Å². The number of nitrogens with zero attached hydrogens (tertiary/aromatic N) is 2. The minimum atomic E-state index is -0.374. The highest BCUT2D eigenvalue weighted by molar-refractivity contribution is 7.99. The Morgan fingerprint density at radius 2 is 2.05 bits per heavy atom. The van der Waals surface area contributed by atoms with Crippen molar-refractivity contribution in [3.8, 4) is 17.0 Å². The molecule has 19 heavy (non-hydrogen) atoms. The number of thioether (sulfide) groups is 1. The molecule has 1 amide bonds. The average Bonchev–Trinajstić information content (AvgIpc) is 2.45. The predicted molar refractivity (Wildman–Crippen MR) is 73.9 cm³/mol. The van der Waals surface area contributed by atoms with E-state index >= 15 is 0 Å². The fourth-order valence-corrected chi connectivity index (χ4v) is 2.09. The quantitative estimate of drug-likeness (QED) is 0.841. The first-order chi connectivity index (χ1) is 9.20. The predicted octanol–water partition coefficient (Wildman–Crippen LogP) is 1.73. The molecule has 6 heteroatoms. The van der Waals surface area contributed by atoms with Crippen LogP contribution in [0.3, 0.4) is 0 Å². The Kier molecular flexibility index (Phi) is 4.35. The summed E-state index contributed by atoms with van der Waals surface area (Å²) in [5.41, 5.74) is 6.68. The Morgan fingerprint density at radius 1 is 1.26 bits per heavy atom. The van der Waals surface area contributed by atoms with Gasteiger partial charge in [0.15, 0.2) is 0 Å². The molecule has 0 bridgehead atoms. The van der Waals surface area contributed by atoms with E-state index in [0.717, 1.165) is 17.0 Å². The summed E-state index contributed by atoms with van der Waals surface area (Å²) in [6.07, 6.45) is 0. The molecule has 1 aromatic carbocycles. The van der Waals surface area contributed by atoms with Crippen LogP contribution in [0.4, 0.5) is 0 Å². The first kappa shape index (κ1) is 13.4. The van der Waals surface area contributed by atoms with Crippen molar-refractivity contribution in [1.29, 1.82) is 0 Å². The SMILES string of the molecule is COc1ccccc1-c1ccc(SCC(N)=O)nn1. The smallest absolute Gasteiger partial charge is 0.227 e. The fourth-order valence-electron chi connectivity index (χ4n) is 1.54. The maximum Gasteiger partial charge on any atom is 0.227 e. The van der Waals surface area contributed by atoms with Crippen LogP contribution in [0.25, 0.3) is 11.3 Å². The summed E-state index contributed by atoms with van der Waals surface area (Å²) < 4.78 is 5.27. The highest BCUT2D eigenvalue weighted by Crippen LogP contribution is 2.28. The molecular weight excluding hydrogens is 262 g/mol. The van der Waals surface area contributed by atoms with Crippen molar-refractivity contribution in [1.82, 2.24) is 10.2 Å². The topological polar surface area (TPSA) is 78.1 Å². The van der Waals surface area contributed by atoms with Crippen LogP contribution in [0.2, 0.25) is 0 Å². The number of nitrogens with two attached hydrogens (primary N) is 1. The lowest BCUT2D eigenvalue weighted by Crippen LogP contribution is -2.13. The van der Waals surface area contributed by atoms with Gasteiger partial charge in [0.2, 0.25) is 5.91 Å². The van der Waals surface area contributed by atoms with Crippen molar-refractivity contribution in [3.63, 3.8) is 0 Å². The third kappa shape index (κ3) is 3.45. The molecule has 5 nitrogen and oxygen atoms in total. The number of methoxy groups -OCH3 is 1. The molecule has 0 saturated carbocycles. The van der Waals surface area contributed by atoms with Crippen molar-refractivity contribution in [2.45, 2.75) is 5.03 Å². The Balaban J connectivity index is 2.20. The Hall–Kier alpha value is -2.08. The van der Waals surface area contributed by atoms with Crippen LogP contribution in [-0.4, -0.2) is 29.0 Å². The van der Waals surface area contributed by atoms with E-state index in [0.29, 0.717) is 5.03 Å². The fraction of sp³-hybridized carbons (Fsp3) is 0.154. The molecule has 0 saturated heterocycles. The van der Waals surface area contributed by atoms with Gasteiger partial charge in [-0.2, -0.15) is 0 Å². The van der Waals surface area contributed by atoms with Gasteiger partial charge in [-0.25, -0.2) is 0 Å². The van der Waals surface area contributed by atoms with Crippen molar-refractivity contribution < 1.29 is 9.53 Å². The van der Waals surface area contributed by atoms with Gasteiger partial charge in [0.25, 0.3) is 0 Å². The van der Waals surface area contributed by atoms with E-state index in [4.69, 9.17) is 10.5 Å². The molecule has 98 valence electrons. The molecular formula is C13H13N3O2S. The number of para-hydroxylation sites is 1. The van der Waals surface area contributed by atoms with Gasteiger partial charge in [-0.05, 0) is 24.3 Å². The van der Waals surface area contributed by atoms with E-state index in [9.17, 15) is 4.79 Å². The van der Waals surface area contributed by atoms with E-state index in [2.05, 4.69) is 10.2 Å². The molecule has 1 heterocycles. The molecule has 0 atom stereocenters. The second-order valence-corrected chi connectivity index (χ2v) is 4.71. The molecule has 0 unspecified atom stereocenters. The average molecular weight is 275 g/mol. The summed E-state index contributed by atoms with van der Waals surface area (Å²) in [6, 6.07) is 11.2. The zero-order chi connectivity index (χ0) is 13.7. The Labute approximate surface area is 115 Å². The molecule has 1 aromatic heterocycles. The monoisotopic (exact) mass is 275 g/mol. The zero-order valence-corrected chi connectivity index (χ0v) is 11.2. The maximum atomic E-state index is 10.7. The molecule has 0 aliphatic carbocycles. The number of carbonyl (C=O) groups excluding carboxylic acids is 1. The van der Waals surface area contributed by atoms with E-state index in [1.165, 1.54) is 11.8 Å². The molecule has 2 N–H and O–H groups in total. The van der Waals surface area contributed by atoms with Gasteiger partial charge in [0, 0.05) is 5.56 Å². The van der Waals surface area contributed by atoms with Gasteiger partial charge in [-0.3, -0.25) is 4.79 Å². The number of aromatic nitrogens is 2. The minimum absolute atomic E-state index is 0.197. The Morgan fingerprint density at radius 3 is 2.68 bits per heavy atom. The standard InChI is InChI=1S/C13H13N3O2S/c1-18-11-5-3-2-4-9(11)10-6-7-13(16-15-10)19-8-12(14)17/h2-7H,8H2,1H3,(H2,14,17). The summed E-state index contributed by atoms with van der Waals surface area (Å²) in [7, 11) is 1.61. The largest absolute Gasteiger partial charge is 0.496 e. The molecule has 0 aliphatic heterocycles. The molecule has 2 aromatic rings. The lowest BCUT2D eigenvalue weighted by molar-refractivity contribution is -0.115. The lowest BCUT2D eigenvalue weighted by Gasteiger charge is -2.07. The number of ether oxygens (including phenoxy) is 1. The number of hydrogen-bond donors (Lipinski definition) is 1. The highest BCUT2D eigenvalue weighted by Gasteiger charge is 2.07. The van der Waals surface area contributed by atoms with Crippen LogP contribution in [0.5, 0.6) is 5.75 Å². The number of primary amides is 1. The summed E-state index contributed by atoms with van der Waals surface area (Å²) in [6.45, 7) is 0. The van der Waals surface area contributed by atoms with E-state index in [1.54, 1.807) is 7.11 Å². The van der Waals surface area contributed by atoms with Gasteiger partial charge in [-0.1, -0.05) is 23.9 Å². The summed E-state index contributed by atoms with van der Waals surface area (Å²) in [5.74, 6) is 0.567. The van der Waals surface area contributed by atoms with Crippen LogP contribution in [-0.2, 0) is 4.79 Å². The maximum absolute atomic E-state index is 10.7. The first-order valence-electron chi connectivity index (χ1n) is 5.59. The highest BCUT2D eigenvalue weighted by atomic mass is 32.2. The van der Waals surface area contributed by atoms with Crippen LogP contribution >= 0.6 is 11.8 Å². The minimum Gasteiger partial charge on any atom is -0.496 e. The number of carbonyl (C=O) groups is 1. The number of rotatable bonds is 5. The number of hydrogen-bond acceptors (Lipinski definition) is 5. The second kappa shape index (κ2) is 6.19. The van der Waals surface area contributed by atoms with Gasteiger partial charge in [0.1, 0.15) is 10.8 Å². The van der Waals surface area contributed by atoms with E-state index in [1.807, 2.05) is 36.4 Å². The van der Waals surface area contributed by atoms with Gasteiger partial charge < -0.3 is 10.5 Å². The zero-order valence-electron chi connectivity index (χ0n) is 10.4. The van der Waals surface area contributed by atoms with Crippen molar-refractivity contribution in [2.24, 2.45) is 5.73 Å². The number of benzene rings is 1. The third-order valence-corrected chi connectivity index (χ3v) is 3.33. The van der Waals surface area contributed by atoms with Crippen molar-refractivity contribution in [2.75, 3.05) is 12.9 Å². The third-order valence-electron chi connectivity index (χ3n) is 2.39. The summed E-state index contributed by atoms with van der Waals surface area (Å²) in [4.78, 5) is 10.7. The summed E-state index contributed by atoms with van der Waals surface area (Å²) >= 11 is 1.26. The molecule has 0 radical (unpaired) electrons. The van der Waals surface area contributed by atoms with Crippen LogP contribution in [0.1, 0.15) is 0 Å². The molecule has 2 rings (SSSR count). The molecule has 0 spiro atoms. The van der Waals surface area contributed by atoms with Crippen molar-refractivity contribution in [3.05, 3.63) is 36.4 Å². The van der Waals surface area contributed by atoms with Gasteiger partial charge in [-0.15, -0.1) is 10.2 Å². The number of amides is 1. The van der Waals surface area contributed by atoms with Crippen molar-refractivity contribution >= 4 is 17.7 Å². The summed E-state index contributed by atoms with van der Waals surface area (Å²) in [5, 5.41) is 8.85. The van der Waals surface area contributed by atoms with E-state index < -0.39 is 0 Å². The molecule has 0 fully saturated rings.